The highest BCUT2D eigenvalue weighted by atomic mass is 16.3. The molecular formula is C56H37NO. The minimum atomic E-state index is 0.896. The third kappa shape index (κ3) is 5.91. The number of para-hydroxylation sites is 2. The third-order valence-electron chi connectivity index (χ3n) is 11.5. The van der Waals surface area contributed by atoms with Crippen molar-refractivity contribution < 1.29 is 4.42 Å². The zero-order valence-corrected chi connectivity index (χ0v) is 31.7. The van der Waals surface area contributed by atoms with Crippen LogP contribution in [0.4, 0.5) is 17.1 Å². The van der Waals surface area contributed by atoms with Gasteiger partial charge < -0.3 is 9.32 Å². The molecule has 0 saturated carbocycles. The second-order valence-corrected chi connectivity index (χ2v) is 14.9. The van der Waals surface area contributed by atoms with Crippen LogP contribution in [0, 0.1) is 0 Å². The van der Waals surface area contributed by atoms with Gasteiger partial charge in [-0.2, -0.15) is 0 Å². The molecule has 11 rings (SSSR count). The predicted octanol–water partition coefficient (Wildman–Crippen LogP) is 16.0. The molecule has 0 aliphatic rings. The Balaban J connectivity index is 1.01. The van der Waals surface area contributed by atoms with Crippen LogP contribution in [0.1, 0.15) is 0 Å². The van der Waals surface area contributed by atoms with Gasteiger partial charge in [-0.15, -0.1) is 0 Å². The number of hydrogen-bond acceptors (Lipinski definition) is 2. The lowest BCUT2D eigenvalue weighted by atomic mass is 9.94. The van der Waals surface area contributed by atoms with E-state index in [1.807, 2.05) is 12.1 Å². The van der Waals surface area contributed by atoms with Crippen LogP contribution in [-0.2, 0) is 0 Å². The molecule has 0 aliphatic carbocycles. The van der Waals surface area contributed by atoms with Crippen molar-refractivity contribution in [2.45, 2.75) is 0 Å². The highest BCUT2D eigenvalue weighted by molar-refractivity contribution is 6.13. The van der Waals surface area contributed by atoms with E-state index in [2.05, 4.69) is 217 Å². The lowest BCUT2D eigenvalue weighted by molar-refractivity contribution is 0.669. The van der Waals surface area contributed by atoms with Crippen LogP contribution >= 0.6 is 0 Å². The smallest absolute Gasteiger partial charge is 0.136 e. The summed E-state index contributed by atoms with van der Waals surface area (Å²) in [5.74, 6) is 0. The highest BCUT2D eigenvalue weighted by Crippen LogP contribution is 2.44. The Morgan fingerprint density at radius 2 is 0.793 bits per heavy atom. The maximum Gasteiger partial charge on any atom is 0.136 e. The molecule has 272 valence electrons. The summed E-state index contributed by atoms with van der Waals surface area (Å²) in [6.45, 7) is 0. The lowest BCUT2D eigenvalue weighted by Gasteiger charge is -2.28. The van der Waals surface area contributed by atoms with Crippen molar-refractivity contribution in [1.82, 2.24) is 0 Å². The van der Waals surface area contributed by atoms with Crippen LogP contribution in [-0.4, -0.2) is 0 Å². The summed E-state index contributed by atoms with van der Waals surface area (Å²) in [5, 5.41) is 7.13. The van der Waals surface area contributed by atoms with Gasteiger partial charge in [0.05, 0.1) is 5.69 Å². The molecule has 0 N–H and O–H groups in total. The number of furan rings is 1. The third-order valence-corrected chi connectivity index (χ3v) is 11.5. The zero-order valence-electron chi connectivity index (χ0n) is 31.7. The Morgan fingerprint density at radius 1 is 0.276 bits per heavy atom. The van der Waals surface area contributed by atoms with Gasteiger partial charge in [0.2, 0.25) is 0 Å². The largest absolute Gasteiger partial charge is 0.456 e. The van der Waals surface area contributed by atoms with Crippen molar-refractivity contribution in [3.8, 4) is 44.5 Å². The molecule has 0 bridgehead atoms. The van der Waals surface area contributed by atoms with E-state index in [1.165, 1.54) is 49.5 Å². The van der Waals surface area contributed by atoms with Crippen molar-refractivity contribution in [1.29, 1.82) is 0 Å². The van der Waals surface area contributed by atoms with E-state index in [0.717, 1.165) is 55.5 Å². The standard InChI is InChI=1S/C56H37NO/c1-2-12-38(13-3-1)40-28-32-45(33-29-40)57(46-34-30-41(31-35-46)39-24-26-43(27-25-39)48-20-10-15-42-14-4-5-17-47(42)48)54-22-8-6-18-50(54)49-21-11-16-44-36-53-51-19-7-9-23-55(51)58-56(53)37-52(44)49/h1-37H. The topological polar surface area (TPSA) is 16.4 Å². The SMILES string of the molecule is c1ccc(-c2ccc(N(c3ccc(-c4ccc(-c5cccc6ccccc56)cc4)cc3)c3ccccc3-c3cccc4cc5c(cc34)oc3ccccc35)cc2)cc1. The molecule has 0 saturated heterocycles. The first-order valence-electron chi connectivity index (χ1n) is 19.8. The molecule has 2 heteroatoms. The second kappa shape index (κ2) is 14.1. The van der Waals surface area contributed by atoms with Crippen LogP contribution in [0.3, 0.4) is 0 Å². The fourth-order valence-corrected chi connectivity index (χ4v) is 8.61. The lowest BCUT2D eigenvalue weighted by Crippen LogP contribution is -2.11. The molecule has 0 fully saturated rings. The van der Waals surface area contributed by atoms with E-state index in [0.29, 0.717) is 0 Å². The molecule has 11 aromatic rings. The van der Waals surface area contributed by atoms with Gasteiger partial charge >= 0.3 is 0 Å². The molecule has 0 radical (unpaired) electrons. The van der Waals surface area contributed by atoms with E-state index < -0.39 is 0 Å². The predicted molar refractivity (Wildman–Crippen MR) is 245 cm³/mol. The summed E-state index contributed by atoms with van der Waals surface area (Å²) >= 11 is 0. The number of fused-ring (bicyclic) bond motifs is 5. The molecule has 0 aliphatic heterocycles. The maximum atomic E-state index is 6.40. The van der Waals surface area contributed by atoms with Crippen molar-refractivity contribution in [3.05, 3.63) is 224 Å². The second-order valence-electron chi connectivity index (χ2n) is 14.9. The fourth-order valence-electron chi connectivity index (χ4n) is 8.61. The van der Waals surface area contributed by atoms with E-state index in [4.69, 9.17) is 4.42 Å². The minimum Gasteiger partial charge on any atom is -0.456 e. The molecule has 1 heterocycles. The average Bonchev–Trinajstić information content (AvgIpc) is 3.66. The van der Waals surface area contributed by atoms with Gasteiger partial charge in [0.1, 0.15) is 11.2 Å². The fraction of sp³-hybridized carbons (Fsp3) is 0. The maximum absolute atomic E-state index is 6.40. The van der Waals surface area contributed by atoms with E-state index in [9.17, 15) is 0 Å². The number of anilines is 3. The molecule has 0 atom stereocenters. The quantitative estimate of drug-likeness (QED) is 0.162. The number of hydrogen-bond donors (Lipinski definition) is 0. The molecule has 0 spiro atoms. The summed E-state index contributed by atoms with van der Waals surface area (Å²) in [6.07, 6.45) is 0. The normalized spacial score (nSPS) is 11.4. The zero-order chi connectivity index (χ0) is 38.4. The van der Waals surface area contributed by atoms with Gasteiger partial charge in [-0.25, -0.2) is 0 Å². The molecular weight excluding hydrogens is 703 g/mol. The summed E-state index contributed by atoms with van der Waals surface area (Å²) in [5.41, 5.74) is 14.6. The first-order chi connectivity index (χ1) is 28.7. The highest BCUT2D eigenvalue weighted by Gasteiger charge is 2.20. The van der Waals surface area contributed by atoms with Gasteiger partial charge in [-0.3, -0.25) is 0 Å². The van der Waals surface area contributed by atoms with Crippen molar-refractivity contribution in [3.63, 3.8) is 0 Å². The molecule has 58 heavy (non-hydrogen) atoms. The Hall–Kier alpha value is -7.68. The Kier molecular flexibility index (Phi) is 8.19. The molecule has 10 aromatic carbocycles. The van der Waals surface area contributed by atoms with Gasteiger partial charge in [-0.05, 0) is 109 Å². The van der Waals surface area contributed by atoms with Crippen LogP contribution in [0.5, 0.6) is 0 Å². The van der Waals surface area contributed by atoms with Crippen molar-refractivity contribution in [2.75, 3.05) is 4.90 Å². The Labute approximate surface area is 337 Å². The van der Waals surface area contributed by atoms with Gasteiger partial charge in [0.25, 0.3) is 0 Å². The summed E-state index contributed by atoms with van der Waals surface area (Å²) in [7, 11) is 0. The Morgan fingerprint density at radius 3 is 1.53 bits per heavy atom. The van der Waals surface area contributed by atoms with E-state index >= 15 is 0 Å². The molecule has 1 aromatic heterocycles. The number of benzene rings is 10. The molecule has 0 unspecified atom stereocenters. The first-order valence-corrected chi connectivity index (χ1v) is 19.8. The van der Waals surface area contributed by atoms with Gasteiger partial charge in [0, 0.05) is 27.7 Å². The van der Waals surface area contributed by atoms with Crippen molar-refractivity contribution >= 4 is 60.5 Å². The van der Waals surface area contributed by atoms with Gasteiger partial charge in [-0.1, -0.05) is 176 Å². The molecule has 2 nitrogen and oxygen atoms in total. The van der Waals surface area contributed by atoms with E-state index in [1.54, 1.807) is 0 Å². The van der Waals surface area contributed by atoms with Crippen LogP contribution in [0.2, 0.25) is 0 Å². The minimum absolute atomic E-state index is 0.896. The van der Waals surface area contributed by atoms with E-state index in [-0.39, 0.29) is 0 Å². The summed E-state index contributed by atoms with van der Waals surface area (Å²) in [6, 6.07) is 80.7. The number of rotatable bonds is 7. The van der Waals surface area contributed by atoms with Crippen LogP contribution < -0.4 is 4.90 Å². The summed E-state index contributed by atoms with van der Waals surface area (Å²) in [4.78, 5) is 2.38. The Bertz CT molecular complexity index is 3250. The van der Waals surface area contributed by atoms with Gasteiger partial charge in [0.15, 0.2) is 0 Å². The van der Waals surface area contributed by atoms with Crippen molar-refractivity contribution in [2.24, 2.45) is 0 Å². The van der Waals surface area contributed by atoms with Crippen LogP contribution in [0.15, 0.2) is 229 Å². The monoisotopic (exact) mass is 739 g/mol. The number of nitrogens with zero attached hydrogens (tertiary/aromatic N) is 1. The average molecular weight is 740 g/mol. The summed E-state index contributed by atoms with van der Waals surface area (Å²) < 4.78 is 6.40. The first kappa shape index (κ1) is 33.6. The molecule has 0 amide bonds. The van der Waals surface area contributed by atoms with Crippen LogP contribution in [0.25, 0.3) is 88.0 Å².